The number of nitrogens with zero attached hydrogens (tertiary/aromatic N) is 3. The van der Waals surface area contributed by atoms with Gasteiger partial charge in [0.1, 0.15) is 0 Å². The highest BCUT2D eigenvalue weighted by molar-refractivity contribution is 7.99. The fourth-order valence-electron chi connectivity index (χ4n) is 2.30. The van der Waals surface area contributed by atoms with Gasteiger partial charge in [-0.2, -0.15) is 0 Å². The highest BCUT2D eigenvalue weighted by Gasteiger charge is 2.12. The smallest absolute Gasteiger partial charge is 0.284 e. The fourth-order valence-corrected chi connectivity index (χ4v) is 2.89. The normalized spacial score (nSPS) is 10.7. The van der Waals surface area contributed by atoms with Gasteiger partial charge in [-0.25, -0.2) is 0 Å². The molecule has 0 radical (unpaired) electrons. The monoisotopic (exact) mass is 372 g/mol. The number of para-hydroxylation sites is 1. The average Bonchev–Trinajstić information content (AvgIpc) is 3.35. The summed E-state index contributed by atoms with van der Waals surface area (Å²) in [4.78, 5) is 14.1. The standard InChI is InChI=1S/C18H20N4O3S/c1-22(14-7-3-2-4-8-14)11-6-10-19-16(23)13-26-18-21-20-17(25-18)15-9-5-12-24-15/h2-5,7-9,12H,6,10-11,13H2,1H3,(H,19,23). The first-order chi connectivity index (χ1) is 12.7. The predicted molar refractivity (Wildman–Crippen MR) is 100 cm³/mol. The van der Waals surface area contributed by atoms with Crippen LogP contribution in [0.15, 0.2) is 62.8 Å². The third-order valence-corrected chi connectivity index (χ3v) is 4.47. The van der Waals surface area contributed by atoms with Gasteiger partial charge in [0.15, 0.2) is 5.76 Å². The summed E-state index contributed by atoms with van der Waals surface area (Å²) in [5.74, 6) is 0.988. The Morgan fingerprint density at radius 1 is 1.19 bits per heavy atom. The van der Waals surface area contributed by atoms with Crippen molar-refractivity contribution >= 4 is 23.4 Å². The first-order valence-corrected chi connectivity index (χ1v) is 9.24. The van der Waals surface area contributed by atoms with Crippen LogP contribution >= 0.6 is 11.8 Å². The highest BCUT2D eigenvalue weighted by atomic mass is 32.2. The summed E-state index contributed by atoms with van der Waals surface area (Å²) in [6.45, 7) is 1.49. The van der Waals surface area contributed by atoms with Gasteiger partial charge in [-0.1, -0.05) is 30.0 Å². The third kappa shape index (κ3) is 5.13. The van der Waals surface area contributed by atoms with Gasteiger partial charge < -0.3 is 19.1 Å². The van der Waals surface area contributed by atoms with Crippen LogP contribution in [0.3, 0.4) is 0 Å². The van der Waals surface area contributed by atoms with Crippen molar-refractivity contribution in [2.45, 2.75) is 11.6 Å². The molecule has 8 heteroatoms. The van der Waals surface area contributed by atoms with Crippen LogP contribution in [0.2, 0.25) is 0 Å². The van der Waals surface area contributed by atoms with Crippen molar-refractivity contribution in [1.29, 1.82) is 0 Å². The van der Waals surface area contributed by atoms with Crippen LogP contribution in [0.4, 0.5) is 5.69 Å². The molecule has 2 heterocycles. The molecule has 136 valence electrons. The first-order valence-electron chi connectivity index (χ1n) is 8.25. The molecule has 3 aromatic rings. The number of furan rings is 1. The molecule has 0 saturated carbocycles. The van der Waals surface area contributed by atoms with Crippen LogP contribution in [-0.2, 0) is 4.79 Å². The number of carbonyl (C=O) groups is 1. The molecular formula is C18H20N4O3S. The number of aromatic nitrogens is 2. The van der Waals surface area contributed by atoms with Crippen LogP contribution in [0.25, 0.3) is 11.7 Å². The van der Waals surface area contributed by atoms with E-state index in [-0.39, 0.29) is 11.7 Å². The van der Waals surface area contributed by atoms with Crippen LogP contribution in [0.5, 0.6) is 0 Å². The van der Waals surface area contributed by atoms with Crippen LogP contribution in [-0.4, -0.2) is 42.0 Å². The number of rotatable bonds is 9. The largest absolute Gasteiger partial charge is 0.459 e. The van der Waals surface area contributed by atoms with Gasteiger partial charge in [0, 0.05) is 25.8 Å². The minimum absolute atomic E-state index is 0.0601. The third-order valence-electron chi connectivity index (χ3n) is 3.65. The lowest BCUT2D eigenvalue weighted by Gasteiger charge is -2.19. The van der Waals surface area contributed by atoms with Gasteiger partial charge in [-0.05, 0) is 30.7 Å². The Hall–Kier alpha value is -2.74. The van der Waals surface area contributed by atoms with E-state index in [1.54, 1.807) is 12.1 Å². The Balaban J connectivity index is 1.33. The Kier molecular flexibility index (Phi) is 6.32. The molecule has 0 bridgehead atoms. The zero-order valence-corrected chi connectivity index (χ0v) is 15.2. The first kappa shape index (κ1) is 18.1. The lowest BCUT2D eigenvalue weighted by atomic mass is 10.3. The summed E-state index contributed by atoms with van der Waals surface area (Å²) in [5, 5.41) is 11.0. The maximum absolute atomic E-state index is 11.9. The Bertz CT molecular complexity index is 805. The molecule has 0 fully saturated rings. The second-order valence-electron chi connectivity index (χ2n) is 5.60. The summed E-state index contributed by atoms with van der Waals surface area (Å²) in [6, 6.07) is 13.6. The van der Waals surface area contributed by atoms with Crippen molar-refractivity contribution in [3.05, 3.63) is 48.7 Å². The number of thioether (sulfide) groups is 1. The summed E-state index contributed by atoms with van der Waals surface area (Å²) in [6.07, 6.45) is 2.40. The van der Waals surface area contributed by atoms with E-state index < -0.39 is 0 Å². The predicted octanol–water partition coefficient (Wildman–Crippen LogP) is 3.06. The molecule has 1 aromatic carbocycles. The van der Waals surface area contributed by atoms with E-state index >= 15 is 0 Å². The van der Waals surface area contributed by atoms with E-state index in [0.717, 1.165) is 18.7 Å². The minimum atomic E-state index is -0.0601. The molecule has 0 aliphatic heterocycles. The molecule has 0 atom stereocenters. The maximum atomic E-state index is 11.9. The molecule has 26 heavy (non-hydrogen) atoms. The Morgan fingerprint density at radius 3 is 2.81 bits per heavy atom. The molecule has 3 rings (SSSR count). The molecule has 0 aliphatic rings. The zero-order valence-electron chi connectivity index (χ0n) is 14.4. The van der Waals surface area contributed by atoms with Crippen molar-refractivity contribution in [1.82, 2.24) is 15.5 Å². The van der Waals surface area contributed by atoms with Crippen molar-refractivity contribution < 1.29 is 13.6 Å². The van der Waals surface area contributed by atoms with Gasteiger partial charge in [0.05, 0.1) is 12.0 Å². The summed E-state index contributed by atoms with van der Waals surface area (Å²) >= 11 is 1.20. The number of benzene rings is 1. The molecular weight excluding hydrogens is 352 g/mol. The number of nitrogens with one attached hydrogen (secondary N) is 1. The summed E-state index contributed by atoms with van der Waals surface area (Å²) in [5.41, 5.74) is 1.16. The Morgan fingerprint density at radius 2 is 2.04 bits per heavy atom. The van der Waals surface area contributed by atoms with Gasteiger partial charge in [0.25, 0.3) is 11.1 Å². The minimum Gasteiger partial charge on any atom is -0.459 e. The molecule has 0 aliphatic carbocycles. The quantitative estimate of drug-likeness (QED) is 0.456. The van der Waals surface area contributed by atoms with Crippen molar-refractivity contribution in [2.24, 2.45) is 0 Å². The topological polar surface area (TPSA) is 84.4 Å². The second-order valence-corrected chi connectivity index (χ2v) is 6.53. The van der Waals surface area contributed by atoms with Gasteiger partial charge >= 0.3 is 0 Å². The van der Waals surface area contributed by atoms with Crippen molar-refractivity contribution in [3.8, 4) is 11.7 Å². The molecule has 0 spiro atoms. The van der Waals surface area contributed by atoms with Gasteiger partial charge in [0.2, 0.25) is 5.91 Å². The molecule has 2 aromatic heterocycles. The van der Waals surface area contributed by atoms with Crippen molar-refractivity contribution in [2.75, 3.05) is 30.8 Å². The maximum Gasteiger partial charge on any atom is 0.284 e. The van der Waals surface area contributed by atoms with Gasteiger partial charge in [-0.15, -0.1) is 10.2 Å². The zero-order chi connectivity index (χ0) is 18.2. The molecule has 7 nitrogen and oxygen atoms in total. The van der Waals surface area contributed by atoms with E-state index in [0.29, 0.717) is 23.4 Å². The van der Waals surface area contributed by atoms with Crippen LogP contribution in [0.1, 0.15) is 6.42 Å². The van der Waals surface area contributed by atoms with E-state index in [2.05, 4.69) is 32.5 Å². The molecule has 1 N–H and O–H groups in total. The van der Waals surface area contributed by atoms with E-state index in [1.165, 1.54) is 18.0 Å². The van der Waals surface area contributed by atoms with Crippen LogP contribution < -0.4 is 10.2 Å². The average molecular weight is 372 g/mol. The Labute approximate surface area is 155 Å². The lowest BCUT2D eigenvalue weighted by molar-refractivity contribution is -0.118. The number of carbonyl (C=O) groups excluding carboxylic acids is 1. The number of anilines is 1. The summed E-state index contributed by atoms with van der Waals surface area (Å²) < 4.78 is 10.6. The lowest BCUT2D eigenvalue weighted by Crippen LogP contribution is -2.29. The van der Waals surface area contributed by atoms with E-state index in [4.69, 9.17) is 8.83 Å². The summed E-state index contributed by atoms with van der Waals surface area (Å²) in [7, 11) is 2.04. The van der Waals surface area contributed by atoms with Gasteiger partial charge in [-0.3, -0.25) is 4.79 Å². The van der Waals surface area contributed by atoms with Crippen molar-refractivity contribution in [3.63, 3.8) is 0 Å². The molecule has 1 amide bonds. The van der Waals surface area contributed by atoms with E-state index in [9.17, 15) is 4.79 Å². The molecule has 0 saturated heterocycles. The molecule has 0 unspecified atom stereocenters. The number of hydrogen-bond donors (Lipinski definition) is 1. The number of hydrogen-bond acceptors (Lipinski definition) is 7. The second kappa shape index (κ2) is 9.10. The van der Waals surface area contributed by atoms with E-state index in [1.807, 2.05) is 25.2 Å². The fraction of sp³-hybridized carbons (Fsp3) is 0.278. The highest BCUT2D eigenvalue weighted by Crippen LogP contribution is 2.23. The van der Waals surface area contributed by atoms with Crippen LogP contribution in [0, 0.1) is 0 Å². The number of amides is 1. The SMILES string of the molecule is CN(CCCNC(=O)CSc1nnc(-c2ccco2)o1)c1ccccc1.